The lowest BCUT2D eigenvalue weighted by molar-refractivity contribution is -0.104. The molecule has 0 atom stereocenters. The Bertz CT molecular complexity index is 458. The van der Waals surface area contributed by atoms with Crippen molar-refractivity contribution in [3.05, 3.63) is 60.7 Å². The van der Waals surface area contributed by atoms with E-state index in [9.17, 15) is 4.79 Å². The van der Waals surface area contributed by atoms with Crippen molar-refractivity contribution in [1.29, 1.82) is 0 Å². The number of carbonyl (C=O) groups excluding carboxylic acids is 1. The first-order valence-electron chi connectivity index (χ1n) is 4.61. The quantitative estimate of drug-likeness (QED) is 0.558. The second-order valence-corrected chi connectivity index (χ2v) is 3.02. The summed E-state index contributed by atoms with van der Waals surface area (Å²) >= 11 is 0. The molecular weight excluding hydrogens is 188 g/mol. The minimum absolute atomic E-state index is 0.780. The standard InChI is InChI=1S/C12H10N2O/c15-9-6-12(14-8-7-13-10-14)11-4-2-1-3-5-11/h1-10H/b12-6-. The minimum atomic E-state index is 0.780. The Labute approximate surface area is 87.7 Å². The lowest BCUT2D eigenvalue weighted by Crippen LogP contribution is -1.96. The van der Waals surface area contributed by atoms with Crippen LogP contribution in [0.4, 0.5) is 0 Å². The Morgan fingerprint density at radius 3 is 2.67 bits per heavy atom. The van der Waals surface area contributed by atoms with E-state index >= 15 is 0 Å². The van der Waals surface area contributed by atoms with Crippen molar-refractivity contribution in [2.75, 3.05) is 0 Å². The molecule has 1 aromatic heterocycles. The molecule has 0 saturated carbocycles. The predicted octanol–water partition coefficient (Wildman–Crippen LogP) is 1.97. The molecule has 0 aliphatic rings. The largest absolute Gasteiger partial charge is 0.306 e. The normalized spacial score (nSPS) is 11.3. The van der Waals surface area contributed by atoms with Crippen molar-refractivity contribution in [3.63, 3.8) is 0 Å². The fourth-order valence-electron chi connectivity index (χ4n) is 1.41. The van der Waals surface area contributed by atoms with Crippen LogP contribution in [-0.4, -0.2) is 15.8 Å². The molecule has 0 spiro atoms. The van der Waals surface area contributed by atoms with E-state index in [0.29, 0.717) is 0 Å². The van der Waals surface area contributed by atoms with Gasteiger partial charge in [-0.15, -0.1) is 0 Å². The van der Waals surface area contributed by atoms with Crippen molar-refractivity contribution in [3.8, 4) is 0 Å². The van der Waals surface area contributed by atoms with Gasteiger partial charge in [0.2, 0.25) is 0 Å². The first-order chi connectivity index (χ1) is 7.42. The van der Waals surface area contributed by atoms with Crippen LogP contribution < -0.4 is 0 Å². The Morgan fingerprint density at radius 1 is 1.27 bits per heavy atom. The smallest absolute Gasteiger partial charge is 0.144 e. The maximum atomic E-state index is 10.6. The number of hydrogen-bond acceptors (Lipinski definition) is 2. The van der Waals surface area contributed by atoms with E-state index in [1.165, 1.54) is 6.08 Å². The maximum absolute atomic E-state index is 10.6. The van der Waals surface area contributed by atoms with Crippen molar-refractivity contribution >= 4 is 12.0 Å². The molecule has 0 aliphatic heterocycles. The number of allylic oxidation sites excluding steroid dienone is 1. The zero-order valence-corrected chi connectivity index (χ0v) is 8.08. The first kappa shape index (κ1) is 9.40. The van der Waals surface area contributed by atoms with Gasteiger partial charge in [-0.1, -0.05) is 30.3 Å². The highest BCUT2D eigenvalue weighted by molar-refractivity contribution is 5.81. The molecule has 0 N–H and O–H groups in total. The second kappa shape index (κ2) is 4.37. The molecule has 0 amide bonds. The highest BCUT2D eigenvalue weighted by Gasteiger charge is 2.01. The number of rotatable bonds is 3. The van der Waals surface area contributed by atoms with Gasteiger partial charge in [0.1, 0.15) is 6.29 Å². The Balaban J connectivity index is 2.47. The number of aldehydes is 1. The van der Waals surface area contributed by atoms with Crippen LogP contribution in [0.15, 0.2) is 55.1 Å². The third-order valence-electron chi connectivity index (χ3n) is 2.08. The molecule has 0 aliphatic carbocycles. The third-order valence-corrected chi connectivity index (χ3v) is 2.08. The van der Waals surface area contributed by atoms with Gasteiger partial charge in [0.15, 0.2) is 0 Å². The van der Waals surface area contributed by atoms with Crippen molar-refractivity contribution in [1.82, 2.24) is 9.55 Å². The van der Waals surface area contributed by atoms with Crippen molar-refractivity contribution in [2.45, 2.75) is 0 Å². The van der Waals surface area contributed by atoms with Crippen LogP contribution in [0.25, 0.3) is 5.70 Å². The molecule has 1 aromatic carbocycles. The summed E-state index contributed by atoms with van der Waals surface area (Å²) < 4.78 is 1.81. The summed E-state index contributed by atoms with van der Waals surface area (Å²) in [6.07, 6.45) is 7.46. The molecule has 0 unspecified atom stereocenters. The molecule has 2 rings (SSSR count). The van der Waals surface area contributed by atoms with E-state index in [2.05, 4.69) is 4.98 Å². The van der Waals surface area contributed by atoms with Crippen LogP contribution >= 0.6 is 0 Å². The molecule has 74 valence electrons. The summed E-state index contributed by atoms with van der Waals surface area (Å²) in [6, 6.07) is 9.72. The molecule has 2 aromatic rings. The fraction of sp³-hybridized carbons (Fsp3) is 0. The van der Waals surface area contributed by atoms with Gasteiger partial charge in [0, 0.05) is 18.5 Å². The number of carbonyl (C=O) groups is 1. The molecule has 15 heavy (non-hydrogen) atoms. The molecule has 0 bridgehead atoms. The molecule has 1 heterocycles. The van der Waals surface area contributed by atoms with Crippen molar-refractivity contribution in [2.24, 2.45) is 0 Å². The number of imidazole rings is 1. The zero-order valence-electron chi connectivity index (χ0n) is 8.08. The van der Waals surface area contributed by atoms with Gasteiger partial charge in [-0.25, -0.2) is 4.98 Å². The van der Waals surface area contributed by atoms with E-state index in [-0.39, 0.29) is 0 Å². The van der Waals surface area contributed by atoms with E-state index in [0.717, 1.165) is 17.5 Å². The summed E-state index contributed by atoms with van der Waals surface area (Å²) in [5.41, 5.74) is 1.81. The second-order valence-electron chi connectivity index (χ2n) is 3.02. The van der Waals surface area contributed by atoms with E-state index in [1.54, 1.807) is 12.5 Å². The average molecular weight is 198 g/mol. The lowest BCUT2D eigenvalue weighted by atomic mass is 10.1. The minimum Gasteiger partial charge on any atom is -0.306 e. The Kier molecular flexibility index (Phi) is 2.74. The van der Waals surface area contributed by atoms with Crippen LogP contribution in [0.3, 0.4) is 0 Å². The SMILES string of the molecule is O=C/C=C(/c1ccccc1)n1ccnc1. The first-order valence-corrected chi connectivity index (χ1v) is 4.61. The number of nitrogens with zero attached hydrogens (tertiary/aromatic N) is 2. The van der Waals surface area contributed by atoms with Gasteiger partial charge >= 0.3 is 0 Å². The molecule has 3 nitrogen and oxygen atoms in total. The number of benzene rings is 1. The zero-order chi connectivity index (χ0) is 10.5. The van der Waals surface area contributed by atoms with Crippen molar-refractivity contribution < 1.29 is 4.79 Å². The molecular formula is C12H10N2O. The average Bonchev–Trinajstić information content (AvgIpc) is 2.80. The fourth-order valence-corrected chi connectivity index (χ4v) is 1.41. The van der Waals surface area contributed by atoms with Gasteiger partial charge in [-0.05, 0) is 5.56 Å². The van der Waals surface area contributed by atoms with E-state index in [4.69, 9.17) is 0 Å². The highest BCUT2D eigenvalue weighted by atomic mass is 16.1. The molecule has 0 fully saturated rings. The molecule has 3 heteroatoms. The van der Waals surface area contributed by atoms with Crippen LogP contribution in [0.5, 0.6) is 0 Å². The van der Waals surface area contributed by atoms with Crippen LogP contribution in [0.2, 0.25) is 0 Å². The summed E-state index contributed by atoms with van der Waals surface area (Å²) in [7, 11) is 0. The van der Waals surface area contributed by atoms with Gasteiger partial charge in [-0.2, -0.15) is 0 Å². The maximum Gasteiger partial charge on any atom is 0.144 e. The highest BCUT2D eigenvalue weighted by Crippen LogP contribution is 2.15. The summed E-state index contributed by atoms with van der Waals surface area (Å²) in [5, 5.41) is 0. The summed E-state index contributed by atoms with van der Waals surface area (Å²) in [6.45, 7) is 0. The van der Waals surface area contributed by atoms with Crippen LogP contribution in [0, 0.1) is 0 Å². The van der Waals surface area contributed by atoms with Gasteiger partial charge in [-0.3, -0.25) is 4.79 Å². The monoisotopic (exact) mass is 198 g/mol. The number of aromatic nitrogens is 2. The Morgan fingerprint density at radius 2 is 2.07 bits per heavy atom. The Hall–Kier alpha value is -2.16. The molecule has 0 saturated heterocycles. The topological polar surface area (TPSA) is 34.9 Å². The van der Waals surface area contributed by atoms with Gasteiger partial charge in [0.25, 0.3) is 0 Å². The van der Waals surface area contributed by atoms with Gasteiger partial charge < -0.3 is 4.57 Å². The number of hydrogen-bond donors (Lipinski definition) is 0. The predicted molar refractivity (Wildman–Crippen MR) is 58.1 cm³/mol. The molecule has 0 radical (unpaired) electrons. The van der Waals surface area contributed by atoms with E-state index < -0.39 is 0 Å². The van der Waals surface area contributed by atoms with Gasteiger partial charge in [0.05, 0.1) is 12.0 Å². The lowest BCUT2D eigenvalue weighted by Gasteiger charge is -2.06. The summed E-state index contributed by atoms with van der Waals surface area (Å²) in [5.74, 6) is 0. The van der Waals surface area contributed by atoms with Crippen LogP contribution in [0.1, 0.15) is 5.56 Å². The van der Waals surface area contributed by atoms with E-state index in [1.807, 2.05) is 41.1 Å². The summed E-state index contributed by atoms with van der Waals surface area (Å²) in [4.78, 5) is 14.5. The third kappa shape index (κ3) is 2.02. The van der Waals surface area contributed by atoms with Crippen LogP contribution in [-0.2, 0) is 4.79 Å².